The number of rotatable bonds is 5. The molecule has 0 saturated heterocycles. The van der Waals surface area contributed by atoms with E-state index in [2.05, 4.69) is 19.2 Å². The van der Waals surface area contributed by atoms with E-state index in [4.69, 9.17) is 0 Å². The highest BCUT2D eigenvalue weighted by molar-refractivity contribution is 5.17. The van der Waals surface area contributed by atoms with Crippen molar-refractivity contribution in [1.82, 2.24) is 5.32 Å². The fourth-order valence-electron chi connectivity index (χ4n) is 1.83. The molecule has 0 spiro atoms. The highest BCUT2D eigenvalue weighted by atomic mass is 19.1. The smallest absolute Gasteiger partial charge is 0.123 e. The molecule has 0 aromatic heterocycles. The zero-order valence-corrected chi connectivity index (χ0v) is 9.81. The molecule has 0 saturated carbocycles. The summed E-state index contributed by atoms with van der Waals surface area (Å²) < 4.78 is 12.7. The van der Waals surface area contributed by atoms with Gasteiger partial charge in [0.15, 0.2) is 0 Å². The molecule has 0 aliphatic carbocycles. The summed E-state index contributed by atoms with van der Waals surface area (Å²) in [7, 11) is 1.97. The average Bonchev–Trinajstić information content (AvgIpc) is 2.22. The Morgan fingerprint density at radius 2 is 1.87 bits per heavy atom. The van der Waals surface area contributed by atoms with Gasteiger partial charge < -0.3 is 5.32 Å². The Bertz CT molecular complexity index is 294. The summed E-state index contributed by atoms with van der Waals surface area (Å²) in [5, 5.41) is 3.22. The third-order valence-electron chi connectivity index (χ3n) is 3.00. The van der Waals surface area contributed by atoms with Crippen LogP contribution in [0, 0.1) is 11.2 Å². The highest BCUT2D eigenvalue weighted by Crippen LogP contribution is 2.25. The first-order valence-corrected chi connectivity index (χ1v) is 5.49. The van der Waals surface area contributed by atoms with Crippen LogP contribution >= 0.6 is 0 Å². The van der Waals surface area contributed by atoms with Crippen LogP contribution in [0.25, 0.3) is 0 Å². The van der Waals surface area contributed by atoms with Crippen molar-refractivity contribution in [3.05, 3.63) is 35.6 Å². The van der Waals surface area contributed by atoms with Crippen molar-refractivity contribution in [2.24, 2.45) is 5.41 Å². The molecule has 0 aliphatic heterocycles. The van der Waals surface area contributed by atoms with Gasteiger partial charge in [-0.3, -0.25) is 0 Å². The lowest BCUT2D eigenvalue weighted by Gasteiger charge is -2.28. The molecule has 0 radical (unpaired) electrons. The summed E-state index contributed by atoms with van der Waals surface area (Å²) in [5.41, 5.74) is 1.46. The fraction of sp³-hybridized carbons (Fsp3) is 0.538. The molecule has 0 heterocycles. The van der Waals surface area contributed by atoms with Crippen LogP contribution in [0.4, 0.5) is 4.39 Å². The summed E-state index contributed by atoms with van der Waals surface area (Å²) in [5.74, 6) is -0.162. The van der Waals surface area contributed by atoms with Crippen LogP contribution in [0.15, 0.2) is 24.3 Å². The van der Waals surface area contributed by atoms with Crippen LogP contribution < -0.4 is 5.32 Å². The van der Waals surface area contributed by atoms with Gasteiger partial charge >= 0.3 is 0 Å². The van der Waals surface area contributed by atoms with Gasteiger partial charge in [0.2, 0.25) is 0 Å². The first kappa shape index (κ1) is 12.2. The fourth-order valence-corrected chi connectivity index (χ4v) is 1.83. The van der Waals surface area contributed by atoms with Gasteiger partial charge in [-0.05, 0) is 43.0 Å². The lowest BCUT2D eigenvalue weighted by atomic mass is 9.81. The Balaban J connectivity index is 2.70. The summed E-state index contributed by atoms with van der Waals surface area (Å²) >= 11 is 0. The minimum Gasteiger partial charge on any atom is -0.319 e. The monoisotopic (exact) mass is 209 g/mol. The molecule has 84 valence electrons. The van der Waals surface area contributed by atoms with Crippen LogP contribution in [0.2, 0.25) is 0 Å². The van der Waals surface area contributed by atoms with E-state index >= 15 is 0 Å². The van der Waals surface area contributed by atoms with Crippen LogP contribution in [0.1, 0.15) is 25.8 Å². The Morgan fingerprint density at radius 3 is 2.33 bits per heavy atom. The maximum absolute atomic E-state index is 12.7. The van der Waals surface area contributed by atoms with Gasteiger partial charge in [0.05, 0.1) is 0 Å². The van der Waals surface area contributed by atoms with Crippen molar-refractivity contribution in [2.45, 2.75) is 26.7 Å². The summed E-state index contributed by atoms with van der Waals surface area (Å²) in [6.07, 6.45) is 2.11. The SMILES string of the molecule is CCC(C)(CNC)Cc1ccc(F)cc1. The molecule has 1 N–H and O–H groups in total. The molecular weight excluding hydrogens is 189 g/mol. The number of halogens is 1. The second-order valence-electron chi connectivity index (χ2n) is 4.50. The summed E-state index contributed by atoms with van der Waals surface area (Å²) in [6.45, 7) is 5.44. The van der Waals surface area contributed by atoms with E-state index in [-0.39, 0.29) is 11.2 Å². The number of hydrogen-bond donors (Lipinski definition) is 1. The van der Waals surface area contributed by atoms with Gasteiger partial charge in [-0.1, -0.05) is 26.0 Å². The molecule has 0 aliphatic rings. The van der Waals surface area contributed by atoms with Crippen LogP contribution in [-0.2, 0) is 6.42 Å². The van der Waals surface area contributed by atoms with E-state index in [1.165, 1.54) is 17.7 Å². The van der Waals surface area contributed by atoms with Gasteiger partial charge in [-0.15, -0.1) is 0 Å². The third-order valence-corrected chi connectivity index (χ3v) is 3.00. The molecule has 1 aromatic carbocycles. The molecule has 1 atom stereocenters. The molecular formula is C13H20FN. The first-order valence-electron chi connectivity index (χ1n) is 5.49. The zero-order valence-electron chi connectivity index (χ0n) is 9.81. The average molecular weight is 209 g/mol. The normalized spacial score (nSPS) is 14.9. The molecule has 15 heavy (non-hydrogen) atoms. The highest BCUT2D eigenvalue weighted by Gasteiger charge is 2.21. The lowest BCUT2D eigenvalue weighted by Crippen LogP contribution is -2.31. The van der Waals surface area contributed by atoms with Crippen molar-refractivity contribution < 1.29 is 4.39 Å². The number of benzene rings is 1. The second kappa shape index (κ2) is 5.26. The predicted molar refractivity (Wildman–Crippen MR) is 62.4 cm³/mol. The molecule has 1 rings (SSSR count). The Morgan fingerprint density at radius 1 is 1.27 bits per heavy atom. The topological polar surface area (TPSA) is 12.0 Å². The van der Waals surface area contributed by atoms with Crippen LogP contribution in [0.5, 0.6) is 0 Å². The maximum atomic E-state index is 12.7. The van der Waals surface area contributed by atoms with Gasteiger partial charge in [-0.25, -0.2) is 4.39 Å². The molecule has 1 unspecified atom stereocenters. The van der Waals surface area contributed by atoms with E-state index in [0.717, 1.165) is 19.4 Å². The van der Waals surface area contributed by atoms with Crippen LogP contribution in [0.3, 0.4) is 0 Å². The van der Waals surface area contributed by atoms with E-state index in [1.807, 2.05) is 19.2 Å². The Kier molecular flexibility index (Phi) is 4.28. The van der Waals surface area contributed by atoms with E-state index in [0.29, 0.717) is 0 Å². The van der Waals surface area contributed by atoms with Gasteiger partial charge in [0, 0.05) is 6.54 Å². The molecule has 0 fully saturated rings. The van der Waals surface area contributed by atoms with Crippen LogP contribution in [-0.4, -0.2) is 13.6 Å². The molecule has 0 bridgehead atoms. The van der Waals surface area contributed by atoms with Crippen molar-refractivity contribution in [3.8, 4) is 0 Å². The van der Waals surface area contributed by atoms with E-state index in [1.54, 1.807) is 0 Å². The standard InChI is InChI=1S/C13H20FN/c1-4-13(2,10-15-3)9-11-5-7-12(14)8-6-11/h5-8,15H,4,9-10H2,1-3H3. The van der Waals surface area contributed by atoms with Gasteiger partial charge in [0.1, 0.15) is 5.82 Å². The molecule has 1 nitrogen and oxygen atoms in total. The van der Waals surface area contributed by atoms with Crippen molar-refractivity contribution in [1.29, 1.82) is 0 Å². The first-order chi connectivity index (χ1) is 7.09. The quantitative estimate of drug-likeness (QED) is 0.786. The Labute approximate surface area is 91.7 Å². The lowest BCUT2D eigenvalue weighted by molar-refractivity contribution is 0.299. The minimum absolute atomic E-state index is 0.162. The molecule has 0 amide bonds. The van der Waals surface area contributed by atoms with Gasteiger partial charge in [0.25, 0.3) is 0 Å². The van der Waals surface area contributed by atoms with E-state index < -0.39 is 0 Å². The van der Waals surface area contributed by atoms with Crippen molar-refractivity contribution >= 4 is 0 Å². The maximum Gasteiger partial charge on any atom is 0.123 e. The molecule has 2 heteroatoms. The minimum atomic E-state index is -0.162. The zero-order chi connectivity index (χ0) is 11.3. The largest absolute Gasteiger partial charge is 0.319 e. The van der Waals surface area contributed by atoms with Gasteiger partial charge in [-0.2, -0.15) is 0 Å². The predicted octanol–water partition coefficient (Wildman–Crippen LogP) is 3.00. The third kappa shape index (κ3) is 3.63. The Hall–Kier alpha value is -0.890. The van der Waals surface area contributed by atoms with Crippen molar-refractivity contribution in [2.75, 3.05) is 13.6 Å². The number of hydrogen-bond acceptors (Lipinski definition) is 1. The summed E-state index contributed by atoms with van der Waals surface area (Å²) in [6, 6.07) is 6.81. The molecule has 1 aromatic rings. The second-order valence-corrected chi connectivity index (χ2v) is 4.50. The summed E-state index contributed by atoms with van der Waals surface area (Å²) in [4.78, 5) is 0. The number of nitrogens with one attached hydrogen (secondary N) is 1. The van der Waals surface area contributed by atoms with E-state index in [9.17, 15) is 4.39 Å². The van der Waals surface area contributed by atoms with Crippen molar-refractivity contribution in [3.63, 3.8) is 0 Å².